The molecule has 0 amide bonds. The molecule has 0 radical (unpaired) electrons. The van der Waals surface area contributed by atoms with Crippen LogP contribution in [0.5, 0.6) is 0 Å². The van der Waals surface area contributed by atoms with Crippen LogP contribution in [0.25, 0.3) is 0 Å². The van der Waals surface area contributed by atoms with E-state index in [0.717, 1.165) is 5.92 Å². The molecule has 2 rings (SSSR count). The fourth-order valence-corrected chi connectivity index (χ4v) is 2.64. The van der Waals surface area contributed by atoms with Crippen molar-refractivity contribution in [1.29, 1.82) is 0 Å². The molecule has 2 aliphatic rings. The van der Waals surface area contributed by atoms with Crippen LogP contribution in [-0.4, -0.2) is 35.2 Å². The van der Waals surface area contributed by atoms with E-state index in [1.54, 1.807) is 0 Å². The molecule has 0 aromatic heterocycles. The Kier molecular flexibility index (Phi) is 2.61. The fourth-order valence-electron chi connectivity index (χ4n) is 2.64. The molecule has 0 aromatic rings. The number of aliphatic hydroxyl groups excluding tert-OH is 1. The number of hydrogen-bond donors (Lipinski definition) is 1. The van der Waals surface area contributed by atoms with Gasteiger partial charge in [-0.25, -0.2) is 0 Å². The first-order chi connectivity index (χ1) is 6.27. The first-order valence-electron chi connectivity index (χ1n) is 5.63. The van der Waals surface area contributed by atoms with E-state index in [2.05, 4.69) is 11.8 Å². The third-order valence-electron chi connectivity index (χ3n) is 4.03. The third-order valence-corrected chi connectivity index (χ3v) is 4.03. The van der Waals surface area contributed by atoms with E-state index in [9.17, 15) is 5.11 Å². The molecule has 1 aliphatic carbocycles. The minimum atomic E-state index is 0.208. The summed E-state index contributed by atoms with van der Waals surface area (Å²) in [5, 5.41) is 9.41. The van der Waals surface area contributed by atoms with Crippen molar-refractivity contribution in [2.24, 2.45) is 5.92 Å². The zero-order valence-electron chi connectivity index (χ0n) is 8.63. The van der Waals surface area contributed by atoms with Crippen LogP contribution in [0.2, 0.25) is 0 Å². The van der Waals surface area contributed by atoms with Gasteiger partial charge < -0.3 is 5.11 Å². The molecular formula is C11H21NO. The van der Waals surface area contributed by atoms with E-state index < -0.39 is 0 Å². The molecule has 2 fully saturated rings. The molecule has 0 spiro atoms. The lowest BCUT2D eigenvalue weighted by molar-refractivity contribution is -0.0449. The Morgan fingerprint density at radius 2 is 1.92 bits per heavy atom. The van der Waals surface area contributed by atoms with Gasteiger partial charge in [0.2, 0.25) is 0 Å². The van der Waals surface area contributed by atoms with Gasteiger partial charge in [-0.3, -0.25) is 4.90 Å². The normalized spacial score (nSPS) is 30.0. The SMILES string of the molecule is CC1CCN(C2(CO)CCC2)CC1. The Morgan fingerprint density at radius 1 is 1.31 bits per heavy atom. The Hall–Kier alpha value is -0.0800. The number of hydrogen-bond acceptors (Lipinski definition) is 2. The fraction of sp³-hybridized carbons (Fsp3) is 1.00. The van der Waals surface area contributed by atoms with Crippen LogP contribution in [0.15, 0.2) is 0 Å². The average molecular weight is 183 g/mol. The highest BCUT2D eigenvalue weighted by Gasteiger charge is 2.42. The molecule has 1 aliphatic heterocycles. The van der Waals surface area contributed by atoms with Crippen LogP contribution in [0, 0.1) is 5.92 Å². The van der Waals surface area contributed by atoms with Gasteiger partial charge in [-0.2, -0.15) is 0 Å². The van der Waals surface area contributed by atoms with Crippen molar-refractivity contribution < 1.29 is 5.11 Å². The van der Waals surface area contributed by atoms with Gasteiger partial charge in [0.15, 0.2) is 0 Å². The largest absolute Gasteiger partial charge is 0.394 e. The first kappa shape index (κ1) is 9.47. The standard InChI is InChI=1S/C11H21NO/c1-10-3-7-12(8-4-10)11(9-13)5-2-6-11/h10,13H,2-9H2,1H3. The maximum Gasteiger partial charge on any atom is 0.0615 e. The molecule has 2 heteroatoms. The van der Waals surface area contributed by atoms with E-state index in [1.807, 2.05) is 0 Å². The molecule has 2 nitrogen and oxygen atoms in total. The van der Waals surface area contributed by atoms with Gasteiger partial charge >= 0.3 is 0 Å². The summed E-state index contributed by atoms with van der Waals surface area (Å²) in [6.45, 7) is 5.13. The monoisotopic (exact) mass is 183 g/mol. The van der Waals surface area contributed by atoms with Gasteiger partial charge in [0, 0.05) is 5.54 Å². The van der Waals surface area contributed by atoms with Crippen molar-refractivity contribution >= 4 is 0 Å². The predicted molar refractivity (Wildman–Crippen MR) is 53.6 cm³/mol. The van der Waals surface area contributed by atoms with Gasteiger partial charge in [0.05, 0.1) is 6.61 Å². The second-order valence-electron chi connectivity index (χ2n) is 4.91. The van der Waals surface area contributed by atoms with Crippen LogP contribution >= 0.6 is 0 Å². The Morgan fingerprint density at radius 3 is 2.31 bits per heavy atom. The van der Waals surface area contributed by atoms with Crippen molar-refractivity contribution in [2.75, 3.05) is 19.7 Å². The van der Waals surface area contributed by atoms with E-state index in [-0.39, 0.29) is 5.54 Å². The van der Waals surface area contributed by atoms with E-state index >= 15 is 0 Å². The average Bonchev–Trinajstić information content (AvgIpc) is 2.07. The summed E-state index contributed by atoms with van der Waals surface area (Å²) in [4.78, 5) is 2.54. The van der Waals surface area contributed by atoms with Crippen LogP contribution in [0.3, 0.4) is 0 Å². The maximum atomic E-state index is 9.41. The van der Waals surface area contributed by atoms with Gasteiger partial charge in [-0.15, -0.1) is 0 Å². The molecule has 0 aromatic carbocycles. The van der Waals surface area contributed by atoms with Crippen LogP contribution in [-0.2, 0) is 0 Å². The lowest BCUT2D eigenvalue weighted by Gasteiger charge is -2.51. The molecule has 76 valence electrons. The minimum Gasteiger partial charge on any atom is -0.394 e. The summed E-state index contributed by atoms with van der Waals surface area (Å²) < 4.78 is 0. The Balaban J connectivity index is 1.92. The lowest BCUT2D eigenvalue weighted by Crippen LogP contribution is -2.58. The van der Waals surface area contributed by atoms with Crippen molar-refractivity contribution in [3.63, 3.8) is 0 Å². The molecule has 1 saturated heterocycles. The van der Waals surface area contributed by atoms with Gasteiger partial charge in [0.1, 0.15) is 0 Å². The quantitative estimate of drug-likeness (QED) is 0.703. The number of nitrogens with zero attached hydrogens (tertiary/aromatic N) is 1. The molecule has 0 atom stereocenters. The maximum absolute atomic E-state index is 9.41. The highest BCUT2D eigenvalue weighted by atomic mass is 16.3. The van der Waals surface area contributed by atoms with Crippen molar-refractivity contribution in [3.05, 3.63) is 0 Å². The van der Waals surface area contributed by atoms with Gasteiger partial charge in [0.25, 0.3) is 0 Å². The van der Waals surface area contributed by atoms with Crippen molar-refractivity contribution in [3.8, 4) is 0 Å². The third kappa shape index (κ3) is 1.62. The number of piperidine rings is 1. The van der Waals surface area contributed by atoms with Crippen LogP contribution in [0.1, 0.15) is 39.0 Å². The number of rotatable bonds is 2. The highest BCUT2D eigenvalue weighted by molar-refractivity contribution is 4.98. The summed E-state index contributed by atoms with van der Waals surface area (Å²) in [7, 11) is 0. The van der Waals surface area contributed by atoms with Crippen molar-refractivity contribution in [2.45, 2.75) is 44.6 Å². The smallest absolute Gasteiger partial charge is 0.0615 e. The van der Waals surface area contributed by atoms with E-state index in [1.165, 1.54) is 45.2 Å². The zero-order valence-corrected chi connectivity index (χ0v) is 8.63. The van der Waals surface area contributed by atoms with E-state index in [0.29, 0.717) is 6.61 Å². The molecular weight excluding hydrogens is 162 g/mol. The first-order valence-corrected chi connectivity index (χ1v) is 5.63. The summed E-state index contributed by atoms with van der Waals surface area (Å²) >= 11 is 0. The molecule has 13 heavy (non-hydrogen) atoms. The van der Waals surface area contributed by atoms with E-state index in [4.69, 9.17) is 0 Å². The number of aliphatic hydroxyl groups is 1. The molecule has 1 N–H and O–H groups in total. The summed E-state index contributed by atoms with van der Waals surface area (Å²) in [6.07, 6.45) is 6.39. The lowest BCUT2D eigenvalue weighted by atomic mass is 9.74. The Bertz CT molecular complexity index is 163. The van der Waals surface area contributed by atoms with Crippen LogP contribution in [0.4, 0.5) is 0 Å². The zero-order chi connectivity index (χ0) is 9.31. The van der Waals surface area contributed by atoms with Crippen LogP contribution < -0.4 is 0 Å². The second-order valence-corrected chi connectivity index (χ2v) is 4.91. The van der Waals surface area contributed by atoms with Crippen molar-refractivity contribution in [1.82, 2.24) is 4.90 Å². The molecule has 0 unspecified atom stereocenters. The second kappa shape index (κ2) is 3.58. The Labute approximate surface area is 80.9 Å². The minimum absolute atomic E-state index is 0.208. The van der Waals surface area contributed by atoms with Gasteiger partial charge in [-0.05, 0) is 51.1 Å². The predicted octanol–water partition coefficient (Wildman–Crippen LogP) is 1.63. The number of likely N-dealkylation sites (tertiary alicyclic amines) is 1. The summed E-state index contributed by atoms with van der Waals surface area (Å²) in [5.74, 6) is 0.895. The molecule has 1 saturated carbocycles. The highest BCUT2D eigenvalue weighted by Crippen LogP contribution is 2.39. The topological polar surface area (TPSA) is 23.5 Å². The molecule has 0 bridgehead atoms. The summed E-state index contributed by atoms with van der Waals surface area (Å²) in [6, 6.07) is 0. The summed E-state index contributed by atoms with van der Waals surface area (Å²) in [5.41, 5.74) is 0.208. The van der Waals surface area contributed by atoms with Gasteiger partial charge in [-0.1, -0.05) is 6.92 Å². The molecule has 1 heterocycles.